The van der Waals surface area contributed by atoms with E-state index in [0.29, 0.717) is 38.0 Å². The summed E-state index contributed by atoms with van der Waals surface area (Å²) >= 11 is 0. The summed E-state index contributed by atoms with van der Waals surface area (Å²) in [7, 11) is 1.37. The lowest BCUT2D eigenvalue weighted by Crippen LogP contribution is -2.49. The van der Waals surface area contributed by atoms with Gasteiger partial charge in [0, 0.05) is 43.5 Å². The molecule has 1 saturated carbocycles. The van der Waals surface area contributed by atoms with Crippen molar-refractivity contribution in [3.05, 3.63) is 93.8 Å². The highest BCUT2D eigenvalue weighted by Gasteiger charge is 2.42. The molecule has 290 valence electrons. The molecule has 2 aliphatic rings. The third-order valence-corrected chi connectivity index (χ3v) is 9.59. The van der Waals surface area contributed by atoms with Crippen LogP contribution in [0.2, 0.25) is 0 Å². The molecule has 3 unspecified atom stereocenters. The third-order valence-electron chi connectivity index (χ3n) is 9.59. The van der Waals surface area contributed by atoms with Crippen molar-refractivity contribution in [1.82, 2.24) is 9.88 Å². The predicted molar refractivity (Wildman–Crippen MR) is 196 cm³/mol. The number of carbonyl (C=O) groups excluding carboxylic acids is 3. The SMILES string of the molecule is COc1c(N2CCNC(C)C2)c(F)cc2c(=O)c(C(=O)OC(C)(OC(=O)CCC(=O)O)OC(=O)C(C)c3ccc(-c4ccccc4)c(F)c3)cn(C3CC3)c12. The minimum atomic E-state index is -2.82. The van der Waals surface area contributed by atoms with Crippen molar-refractivity contribution in [2.75, 3.05) is 31.6 Å². The zero-order valence-corrected chi connectivity index (χ0v) is 30.7. The lowest BCUT2D eigenvalue weighted by atomic mass is 9.97. The molecule has 2 heterocycles. The predicted octanol–water partition coefficient (Wildman–Crippen LogP) is 5.67. The molecule has 2 fully saturated rings. The molecule has 1 saturated heterocycles. The van der Waals surface area contributed by atoms with Gasteiger partial charge in [-0.05, 0) is 49.9 Å². The molecule has 1 aliphatic heterocycles. The minimum absolute atomic E-state index is 0.0577. The van der Waals surface area contributed by atoms with E-state index in [1.807, 2.05) is 11.8 Å². The number of fused-ring (bicyclic) bond motifs is 1. The number of pyridine rings is 1. The highest BCUT2D eigenvalue weighted by Crippen LogP contribution is 2.44. The molecule has 15 heteroatoms. The monoisotopic (exact) mass is 761 g/mol. The lowest BCUT2D eigenvalue weighted by molar-refractivity contribution is -0.312. The van der Waals surface area contributed by atoms with Crippen LogP contribution >= 0.6 is 0 Å². The fourth-order valence-electron chi connectivity index (χ4n) is 6.67. The van der Waals surface area contributed by atoms with Gasteiger partial charge >= 0.3 is 29.9 Å². The van der Waals surface area contributed by atoms with Gasteiger partial charge in [0.2, 0.25) is 5.43 Å². The molecular weight excluding hydrogens is 720 g/mol. The molecule has 1 aromatic heterocycles. The van der Waals surface area contributed by atoms with Crippen LogP contribution in [0.5, 0.6) is 5.75 Å². The lowest BCUT2D eigenvalue weighted by Gasteiger charge is -2.35. The summed E-state index contributed by atoms with van der Waals surface area (Å²) in [4.78, 5) is 67.2. The number of carboxylic acid groups (broad SMARTS) is 1. The number of carbonyl (C=O) groups is 4. The molecule has 6 rings (SSSR count). The van der Waals surface area contributed by atoms with Gasteiger partial charge < -0.3 is 38.8 Å². The fourth-order valence-corrected chi connectivity index (χ4v) is 6.67. The molecule has 55 heavy (non-hydrogen) atoms. The largest absolute Gasteiger partial charge is 0.492 e. The third kappa shape index (κ3) is 8.46. The second-order valence-electron chi connectivity index (χ2n) is 13.8. The van der Waals surface area contributed by atoms with Gasteiger partial charge in [0.05, 0.1) is 43.7 Å². The van der Waals surface area contributed by atoms with Crippen LogP contribution in [0.4, 0.5) is 14.5 Å². The number of nitrogens with one attached hydrogen (secondary N) is 1. The number of rotatable bonds is 13. The summed E-state index contributed by atoms with van der Waals surface area (Å²) in [5.41, 5.74) is 0.0323. The van der Waals surface area contributed by atoms with Crippen LogP contribution in [-0.4, -0.2) is 72.3 Å². The normalized spacial score (nSPS) is 17.2. The highest BCUT2D eigenvalue weighted by molar-refractivity contribution is 5.98. The van der Waals surface area contributed by atoms with Crippen molar-refractivity contribution in [1.29, 1.82) is 0 Å². The summed E-state index contributed by atoms with van der Waals surface area (Å²) < 4.78 is 54.8. The zero-order chi connectivity index (χ0) is 39.6. The Kier molecular flexibility index (Phi) is 11.2. The van der Waals surface area contributed by atoms with Crippen LogP contribution in [0.3, 0.4) is 0 Å². The molecule has 0 bridgehead atoms. The van der Waals surface area contributed by atoms with Crippen LogP contribution in [0.1, 0.15) is 74.3 Å². The standard InChI is InChI=1S/C40H41F2N3O10/c1-22-20-44(17-16-43-22)35-31(42)19-28-34(37(35)52-4)45(26-11-12-26)21-29(36(28)49)39(51)55-40(3,53-33(48)15-14-32(46)47)54-38(50)23(2)25-10-13-27(30(41)18-25)24-8-6-5-7-9-24/h5-10,13,18-19,21-23,26,43H,11-12,14-17,20H2,1-4H3,(H,46,47). The van der Waals surface area contributed by atoms with E-state index in [-0.39, 0.29) is 45.6 Å². The number of hydrogen-bond donors (Lipinski definition) is 2. The Labute approximate surface area is 314 Å². The van der Waals surface area contributed by atoms with Gasteiger partial charge in [0.1, 0.15) is 17.1 Å². The Bertz CT molecular complexity index is 2210. The maximum atomic E-state index is 16.0. The molecule has 3 atom stereocenters. The summed E-state index contributed by atoms with van der Waals surface area (Å²) in [5.74, 6) is -10.3. The first-order chi connectivity index (χ1) is 26.2. The Morgan fingerprint density at radius 3 is 2.36 bits per heavy atom. The Balaban J connectivity index is 1.33. The maximum Gasteiger partial charge on any atom is 0.420 e. The summed E-state index contributed by atoms with van der Waals surface area (Å²) in [6, 6.07) is 13.8. The first kappa shape index (κ1) is 38.9. The van der Waals surface area contributed by atoms with Crippen molar-refractivity contribution in [3.63, 3.8) is 0 Å². The number of methoxy groups -OCH3 is 1. The van der Waals surface area contributed by atoms with E-state index in [4.69, 9.17) is 24.1 Å². The van der Waals surface area contributed by atoms with Crippen LogP contribution in [0, 0.1) is 11.6 Å². The topological polar surface area (TPSA) is 163 Å². The molecule has 3 aromatic carbocycles. The van der Waals surface area contributed by atoms with Crippen molar-refractivity contribution >= 4 is 40.5 Å². The zero-order valence-electron chi connectivity index (χ0n) is 30.7. The number of carboxylic acids is 1. The van der Waals surface area contributed by atoms with Gasteiger partial charge in [-0.25, -0.2) is 13.6 Å². The molecule has 0 spiro atoms. The molecule has 0 radical (unpaired) electrons. The number of aromatic nitrogens is 1. The van der Waals surface area contributed by atoms with Gasteiger partial charge in [-0.1, -0.05) is 42.5 Å². The van der Waals surface area contributed by atoms with Crippen LogP contribution < -0.4 is 20.4 Å². The number of hydrogen-bond acceptors (Lipinski definition) is 11. The van der Waals surface area contributed by atoms with Gasteiger partial charge in [-0.2, -0.15) is 0 Å². The number of nitrogens with zero attached hydrogens (tertiary/aromatic N) is 2. The quantitative estimate of drug-likeness (QED) is 0.127. The van der Waals surface area contributed by atoms with Gasteiger partial charge in [-0.15, -0.1) is 0 Å². The summed E-state index contributed by atoms with van der Waals surface area (Å²) in [6.45, 7) is 5.85. The average molecular weight is 762 g/mol. The Morgan fingerprint density at radius 1 is 1.00 bits per heavy atom. The first-order valence-electron chi connectivity index (χ1n) is 17.9. The maximum absolute atomic E-state index is 16.0. The van der Waals surface area contributed by atoms with Crippen LogP contribution in [-0.2, 0) is 28.6 Å². The number of aliphatic carboxylic acids is 1. The van der Waals surface area contributed by atoms with Gasteiger partial charge in [0.15, 0.2) is 11.6 Å². The van der Waals surface area contributed by atoms with Crippen molar-refractivity contribution < 1.29 is 52.0 Å². The number of piperazine rings is 1. The van der Waals surface area contributed by atoms with E-state index >= 15 is 8.78 Å². The molecule has 4 aromatic rings. The number of anilines is 1. The molecular formula is C40H41F2N3O10. The number of benzene rings is 3. The molecule has 0 amide bonds. The van der Waals surface area contributed by atoms with E-state index in [9.17, 15) is 24.0 Å². The van der Waals surface area contributed by atoms with E-state index in [2.05, 4.69) is 5.32 Å². The van der Waals surface area contributed by atoms with Crippen molar-refractivity contribution in [2.45, 2.75) is 70.4 Å². The second kappa shape index (κ2) is 15.9. The fraction of sp³-hybridized carbons (Fsp3) is 0.375. The number of halogens is 2. The molecule has 2 N–H and O–H groups in total. The Hall–Kier alpha value is -5.83. The second-order valence-corrected chi connectivity index (χ2v) is 13.8. The first-order valence-corrected chi connectivity index (χ1v) is 17.9. The van der Waals surface area contributed by atoms with E-state index < -0.39 is 71.2 Å². The van der Waals surface area contributed by atoms with Gasteiger partial charge in [0.25, 0.3) is 0 Å². The summed E-state index contributed by atoms with van der Waals surface area (Å²) in [5, 5.41) is 12.2. The average Bonchev–Trinajstić information content (AvgIpc) is 3.99. The van der Waals surface area contributed by atoms with E-state index in [0.717, 1.165) is 19.1 Å². The Morgan fingerprint density at radius 2 is 1.73 bits per heavy atom. The molecule has 1 aliphatic carbocycles. The van der Waals surface area contributed by atoms with E-state index in [1.165, 1.54) is 32.4 Å². The number of ether oxygens (including phenoxy) is 4. The minimum Gasteiger partial charge on any atom is -0.492 e. The van der Waals surface area contributed by atoms with Crippen LogP contribution in [0.15, 0.2) is 65.6 Å². The molecule has 13 nitrogen and oxygen atoms in total. The number of esters is 3. The smallest absolute Gasteiger partial charge is 0.420 e. The van der Waals surface area contributed by atoms with Crippen LogP contribution in [0.25, 0.3) is 22.0 Å². The van der Waals surface area contributed by atoms with Gasteiger partial charge in [-0.3, -0.25) is 19.2 Å². The van der Waals surface area contributed by atoms with E-state index in [1.54, 1.807) is 34.9 Å². The summed E-state index contributed by atoms with van der Waals surface area (Å²) in [6.07, 6.45) is 1.30. The highest BCUT2D eigenvalue weighted by atomic mass is 19.1. The van der Waals surface area contributed by atoms with Crippen molar-refractivity contribution in [2.24, 2.45) is 0 Å². The van der Waals surface area contributed by atoms with Crippen molar-refractivity contribution in [3.8, 4) is 16.9 Å².